The number of anilines is 1. The lowest BCUT2D eigenvalue weighted by Gasteiger charge is -2.21. The summed E-state index contributed by atoms with van der Waals surface area (Å²) in [5, 5.41) is 3.48. The van der Waals surface area contributed by atoms with Crippen molar-refractivity contribution in [1.82, 2.24) is 20.2 Å². The number of likely N-dealkylation sites (N-methyl/N-ethyl adjacent to an activating group) is 1. The van der Waals surface area contributed by atoms with Gasteiger partial charge in [0.2, 0.25) is 5.95 Å². The fourth-order valence-electron chi connectivity index (χ4n) is 2.58. The summed E-state index contributed by atoms with van der Waals surface area (Å²) < 4.78 is 0. The maximum atomic E-state index is 4.48. The van der Waals surface area contributed by atoms with Gasteiger partial charge in [-0.2, -0.15) is 0 Å². The largest absolute Gasteiger partial charge is 0.343 e. The summed E-state index contributed by atoms with van der Waals surface area (Å²) in [5.74, 6) is 0.833. The van der Waals surface area contributed by atoms with E-state index in [1.54, 1.807) is 0 Å². The Labute approximate surface area is 121 Å². The van der Waals surface area contributed by atoms with Crippen molar-refractivity contribution in [3.8, 4) is 0 Å². The van der Waals surface area contributed by atoms with E-state index in [1.807, 2.05) is 12.4 Å². The Kier molecular flexibility index (Phi) is 4.47. The molecule has 20 heavy (non-hydrogen) atoms. The van der Waals surface area contributed by atoms with Crippen LogP contribution in [0.25, 0.3) is 0 Å². The normalized spacial score (nSPS) is 19.4. The average Bonchev–Trinajstić information content (AvgIpc) is 3.17. The van der Waals surface area contributed by atoms with E-state index in [0.29, 0.717) is 0 Å². The van der Waals surface area contributed by atoms with E-state index < -0.39 is 0 Å². The molecule has 0 spiro atoms. The van der Waals surface area contributed by atoms with Gasteiger partial charge in [0, 0.05) is 50.7 Å². The molecule has 1 saturated carbocycles. The number of nitrogens with zero attached hydrogens (tertiary/aromatic N) is 4. The van der Waals surface area contributed by atoms with Gasteiger partial charge in [-0.25, -0.2) is 9.97 Å². The summed E-state index contributed by atoms with van der Waals surface area (Å²) in [6.45, 7) is 5.51. The van der Waals surface area contributed by atoms with Crippen molar-refractivity contribution in [1.29, 1.82) is 0 Å². The van der Waals surface area contributed by atoms with Gasteiger partial charge in [0.25, 0.3) is 0 Å². The standard InChI is InChI=1S/C15H25N5/c1-19(8-9-20-6-2-3-7-20)15-17-11-13(12-18-15)10-16-14-4-5-14/h11-12,14,16H,2-10H2,1H3. The number of likely N-dealkylation sites (tertiary alicyclic amines) is 1. The smallest absolute Gasteiger partial charge is 0.225 e. The molecule has 1 aliphatic heterocycles. The predicted molar refractivity (Wildman–Crippen MR) is 80.8 cm³/mol. The van der Waals surface area contributed by atoms with Crippen molar-refractivity contribution in [3.63, 3.8) is 0 Å². The lowest BCUT2D eigenvalue weighted by molar-refractivity contribution is 0.346. The van der Waals surface area contributed by atoms with Crippen LogP contribution >= 0.6 is 0 Å². The topological polar surface area (TPSA) is 44.3 Å². The molecule has 1 aliphatic carbocycles. The molecule has 110 valence electrons. The summed E-state index contributed by atoms with van der Waals surface area (Å²) >= 11 is 0. The zero-order chi connectivity index (χ0) is 13.8. The van der Waals surface area contributed by atoms with Gasteiger partial charge < -0.3 is 15.1 Å². The van der Waals surface area contributed by atoms with Crippen LogP contribution in [0.4, 0.5) is 5.95 Å². The molecule has 5 nitrogen and oxygen atoms in total. The molecule has 3 rings (SSSR count). The van der Waals surface area contributed by atoms with Crippen LogP contribution in [0, 0.1) is 0 Å². The fourth-order valence-corrected chi connectivity index (χ4v) is 2.58. The van der Waals surface area contributed by atoms with Gasteiger partial charge in [-0.05, 0) is 38.8 Å². The summed E-state index contributed by atoms with van der Waals surface area (Å²) in [5.41, 5.74) is 1.17. The third-order valence-corrected chi connectivity index (χ3v) is 4.16. The number of nitrogens with one attached hydrogen (secondary N) is 1. The van der Waals surface area contributed by atoms with Crippen LogP contribution in [0.15, 0.2) is 12.4 Å². The Morgan fingerprint density at radius 3 is 2.60 bits per heavy atom. The second kappa shape index (κ2) is 6.50. The van der Waals surface area contributed by atoms with Crippen LogP contribution in [-0.4, -0.2) is 54.1 Å². The zero-order valence-electron chi connectivity index (χ0n) is 12.4. The fraction of sp³-hybridized carbons (Fsp3) is 0.733. The molecule has 1 aromatic heterocycles. The number of hydrogen-bond donors (Lipinski definition) is 1. The van der Waals surface area contributed by atoms with E-state index in [9.17, 15) is 0 Å². The van der Waals surface area contributed by atoms with Crippen LogP contribution in [0.2, 0.25) is 0 Å². The third kappa shape index (κ3) is 3.90. The molecule has 0 bridgehead atoms. The van der Waals surface area contributed by atoms with E-state index in [0.717, 1.165) is 31.6 Å². The Bertz CT molecular complexity index is 409. The highest BCUT2D eigenvalue weighted by molar-refractivity contribution is 5.28. The Hall–Kier alpha value is -1.20. The van der Waals surface area contributed by atoms with Crippen LogP contribution < -0.4 is 10.2 Å². The molecule has 5 heteroatoms. The second-order valence-electron chi connectivity index (χ2n) is 6.02. The quantitative estimate of drug-likeness (QED) is 0.811. The Morgan fingerprint density at radius 2 is 1.95 bits per heavy atom. The van der Waals surface area contributed by atoms with Crippen LogP contribution in [-0.2, 0) is 6.54 Å². The molecule has 2 fully saturated rings. The first-order valence-corrected chi connectivity index (χ1v) is 7.79. The van der Waals surface area contributed by atoms with E-state index in [1.165, 1.54) is 44.3 Å². The van der Waals surface area contributed by atoms with Crippen molar-refractivity contribution < 1.29 is 0 Å². The molecule has 2 heterocycles. The van der Waals surface area contributed by atoms with Gasteiger partial charge in [-0.1, -0.05) is 0 Å². The lowest BCUT2D eigenvalue weighted by Crippen LogP contribution is -2.32. The van der Waals surface area contributed by atoms with Gasteiger partial charge in [-0.3, -0.25) is 0 Å². The molecule has 0 aromatic carbocycles. The first-order valence-electron chi connectivity index (χ1n) is 7.79. The maximum Gasteiger partial charge on any atom is 0.225 e. The molecular formula is C15H25N5. The molecule has 1 saturated heterocycles. The maximum absolute atomic E-state index is 4.48. The number of hydrogen-bond acceptors (Lipinski definition) is 5. The molecule has 1 N–H and O–H groups in total. The van der Waals surface area contributed by atoms with Gasteiger partial charge in [0.1, 0.15) is 0 Å². The summed E-state index contributed by atoms with van der Waals surface area (Å²) in [4.78, 5) is 13.6. The molecule has 0 unspecified atom stereocenters. The van der Waals surface area contributed by atoms with E-state index in [-0.39, 0.29) is 0 Å². The molecule has 1 aromatic rings. The monoisotopic (exact) mass is 275 g/mol. The average molecular weight is 275 g/mol. The lowest BCUT2D eigenvalue weighted by atomic mass is 10.3. The van der Waals surface area contributed by atoms with Crippen molar-refractivity contribution in [2.45, 2.75) is 38.3 Å². The highest BCUT2D eigenvalue weighted by Crippen LogP contribution is 2.19. The molecule has 2 aliphatic rings. The summed E-state index contributed by atoms with van der Waals surface area (Å²) in [6, 6.07) is 0.734. The van der Waals surface area contributed by atoms with Crippen LogP contribution in [0.5, 0.6) is 0 Å². The molecule has 0 radical (unpaired) electrons. The summed E-state index contributed by atoms with van der Waals surface area (Å²) in [6.07, 6.45) is 9.23. The van der Waals surface area contributed by atoms with Crippen molar-refractivity contribution in [2.75, 3.05) is 38.1 Å². The second-order valence-corrected chi connectivity index (χ2v) is 6.02. The van der Waals surface area contributed by atoms with E-state index in [2.05, 4.69) is 32.1 Å². The minimum absolute atomic E-state index is 0.734. The highest BCUT2D eigenvalue weighted by atomic mass is 15.3. The van der Waals surface area contributed by atoms with Gasteiger partial charge in [0.15, 0.2) is 0 Å². The van der Waals surface area contributed by atoms with Gasteiger partial charge in [-0.15, -0.1) is 0 Å². The third-order valence-electron chi connectivity index (χ3n) is 4.16. The van der Waals surface area contributed by atoms with Crippen molar-refractivity contribution in [2.24, 2.45) is 0 Å². The van der Waals surface area contributed by atoms with Crippen molar-refractivity contribution in [3.05, 3.63) is 18.0 Å². The SMILES string of the molecule is CN(CCN1CCCC1)c1ncc(CNC2CC2)cn1. The predicted octanol–water partition coefficient (Wildman–Crippen LogP) is 1.26. The minimum atomic E-state index is 0.734. The number of rotatable bonds is 7. The Balaban J connectivity index is 1.45. The van der Waals surface area contributed by atoms with Gasteiger partial charge in [0.05, 0.1) is 0 Å². The van der Waals surface area contributed by atoms with Crippen LogP contribution in [0.1, 0.15) is 31.2 Å². The van der Waals surface area contributed by atoms with E-state index in [4.69, 9.17) is 0 Å². The first kappa shape index (κ1) is 13.8. The molecular weight excluding hydrogens is 250 g/mol. The minimum Gasteiger partial charge on any atom is -0.343 e. The van der Waals surface area contributed by atoms with Gasteiger partial charge >= 0.3 is 0 Å². The molecule has 0 atom stereocenters. The van der Waals surface area contributed by atoms with E-state index >= 15 is 0 Å². The van der Waals surface area contributed by atoms with Crippen molar-refractivity contribution >= 4 is 5.95 Å². The Morgan fingerprint density at radius 1 is 1.25 bits per heavy atom. The zero-order valence-corrected chi connectivity index (χ0v) is 12.4. The molecule has 0 amide bonds. The highest BCUT2D eigenvalue weighted by Gasteiger charge is 2.20. The van der Waals surface area contributed by atoms with Crippen LogP contribution in [0.3, 0.4) is 0 Å². The first-order chi connectivity index (χ1) is 9.81. The summed E-state index contributed by atoms with van der Waals surface area (Å²) in [7, 11) is 2.08. The number of aromatic nitrogens is 2.